The average Bonchev–Trinajstić information content (AvgIpc) is 2.86. The minimum atomic E-state index is 0.0444. The van der Waals surface area contributed by atoms with Gasteiger partial charge in [-0.1, -0.05) is 42.5 Å². The summed E-state index contributed by atoms with van der Waals surface area (Å²) in [6.45, 7) is 7.78. The zero-order chi connectivity index (χ0) is 23.9. The van der Waals surface area contributed by atoms with E-state index >= 15 is 0 Å². The van der Waals surface area contributed by atoms with E-state index in [2.05, 4.69) is 64.4 Å². The maximum atomic E-state index is 12.8. The quantitative estimate of drug-likeness (QED) is 0.500. The van der Waals surface area contributed by atoms with E-state index in [-0.39, 0.29) is 17.9 Å². The summed E-state index contributed by atoms with van der Waals surface area (Å²) in [5.74, 6) is 2.39. The molecule has 1 saturated heterocycles. The van der Waals surface area contributed by atoms with E-state index in [1.807, 2.05) is 31.2 Å². The molecule has 1 aliphatic rings. The molecule has 1 aromatic heterocycles. The van der Waals surface area contributed by atoms with Gasteiger partial charge in [0.25, 0.3) is 0 Å². The molecule has 6 heteroatoms. The van der Waals surface area contributed by atoms with Crippen LogP contribution in [-0.2, 0) is 11.2 Å². The first kappa shape index (κ1) is 23.7. The Labute approximate surface area is 202 Å². The van der Waals surface area contributed by atoms with Crippen molar-refractivity contribution in [1.29, 1.82) is 0 Å². The summed E-state index contributed by atoms with van der Waals surface area (Å²) in [7, 11) is 0. The van der Waals surface area contributed by atoms with Crippen LogP contribution in [0.2, 0.25) is 0 Å². The van der Waals surface area contributed by atoms with Crippen LogP contribution in [0, 0.1) is 19.8 Å². The maximum absolute atomic E-state index is 12.8. The Kier molecular flexibility index (Phi) is 7.78. The minimum Gasteiger partial charge on any atom is -0.439 e. The second kappa shape index (κ2) is 11.1. The van der Waals surface area contributed by atoms with Gasteiger partial charge < -0.3 is 15.0 Å². The lowest BCUT2D eigenvalue weighted by molar-refractivity contribution is -0.126. The molecular weight excluding hydrogens is 424 g/mol. The molecule has 0 aliphatic carbocycles. The predicted molar refractivity (Wildman–Crippen MR) is 135 cm³/mol. The van der Waals surface area contributed by atoms with Crippen molar-refractivity contribution in [2.45, 2.75) is 52.5 Å². The molecule has 1 unspecified atom stereocenters. The summed E-state index contributed by atoms with van der Waals surface area (Å²) in [4.78, 5) is 23.8. The first-order valence-corrected chi connectivity index (χ1v) is 12.1. The van der Waals surface area contributed by atoms with E-state index in [9.17, 15) is 4.79 Å². The maximum Gasteiger partial charge on any atom is 0.224 e. The molecule has 2 heterocycles. The van der Waals surface area contributed by atoms with Gasteiger partial charge in [-0.2, -0.15) is 0 Å². The average molecular weight is 459 g/mol. The van der Waals surface area contributed by atoms with Crippen LogP contribution in [0.4, 0.5) is 5.82 Å². The summed E-state index contributed by atoms with van der Waals surface area (Å²) in [5, 5.41) is 3.22. The number of ether oxygens (including phenoxy) is 1. The Morgan fingerprint density at radius 2 is 1.85 bits per heavy atom. The number of anilines is 1. The molecule has 1 N–H and O–H groups in total. The van der Waals surface area contributed by atoms with Gasteiger partial charge in [0.2, 0.25) is 11.8 Å². The van der Waals surface area contributed by atoms with Crippen molar-refractivity contribution in [2.75, 3.05) is 18.0 Å². The highest BCUT2D eigenvalue weighted by Crippen LogP contribution is 2.28. The number of hydrogen-bond acceptors (Lipinski definition) is 5. The van der Waals surface area contributed by atoms with Crippen molar-refractivity contribution in [2.24, 2.45) is 5.92 Å². The fourth-order valence-corrected chi connectivity index (χ4v) is 4.34. The Bertz CT molecular complexity index is 1090. The molecule has 4 rings (SSSR count). The van der Waals surface area contributed by atoms with E-state index in [0.29, 0.717) is 5.88 Å². The van der Waals surface area contributed by atoms with Crippen LogP contribution in [-0.4, -0.2) is 35.0 Å². The van der Waals surface area contributed by atoms with Gasteiger partial charge in [-0.05, 0) is 69.2 Å². The van der Waals surface area contributed by atoms with Crippen molar-refractivity contribution >= 4 is 11.7 Å². The number of hydrogen-bond donors (Lipinski definition) is 1. The van der Waals surface area contributed by atoms with Gasteiger partial charge in [0, 0.05) is 31.1 Å². The largest absolute Gasteiger partial charge is 0.439 e. The van der Waals surface area contributed by atoms with E-state index in [0.717, 1.165) is 55.9 Å². The third kappa shape index (κ3) is 6.13. The highest BCUT2D eigenvalue weighted by Gasteiger charge is 2.26. The first-order valence-electron chi connectivity index (χ1n) is 12.1. The van der Waals surface area contributed by atoms with E-state index in [4.69, 9.17) is 4.74 Å². The Morgan fingerprint density at radius 1 is 1.09 bits per heavy atom. The second-order valence-corrected chi connectivity index (χ2v) is 9.21. The summed E-state index contributed by atoms with van der Waals surface area (Å²) < 4.78 is 6.04. The molecule has 1 amide bonds. The van der Waals surface area contributed by atoms with Crippen LogP contribution < -0.4 is 15.0 Å². The molecular formula is C28H34N4O2. The van der Waals surface area contributed by atoms with Gasteiger partial charge in [-0.25, -0.2) is 9.97 Å². The van der Waals surface area contributed by atoms with Crippen LogP contribution in [0.15, 0.2) is 60.9 Å². The van der Waals surface area contributed by atoms with Crippen LogP contribution >= 0.6 is 0 Å². The third-order valence-electron chi connectivity index (χ3n) is 6.68. The van der Waals surface area contributed by atoms with Crippen molar-refractivity contribution in [3.63, 3.8) is 0 Å². The molecule has 178 valence electrons. The highest BCUT2D eigenvalue weighted by molar-refractivity contribution is 5.79. The fraction of sp³-hybridized carbons (Fsp3) is 0.393. The number of rotatable bonds is 8. The zero-order valence-corrected chi connectivity index (χ0v) is 20.3. The summed E-state index contributed by atoms with van der Waals surface area (Å²) in [6.07, 6.45) is 5.09. The molecule has 1 atom stereocenters. The number of nitrogens with zero attached hydrogens (tertiary/aromatic N) is 3. The van der Waals surface area contributed by atoms with E-state index in [1.165, 1.54) is 11.1 Å². The normalized spacial score (nSPS) is 15.1. The number of amides is 1. The van der Waals surface area contributed by atoms with Crippen molar-refractivity contribution in [3.8, 4) is 11.6 Å². The predicted octanol–water partition coefficient (Wildman–Crippen LogP) is 5.24. The van der Waals surface area contributed by atoms with Crippen LogP contribution in [0.1, 0.15) is 42.9 Å². The summed E-state index contributed by atoms with van der Waals surface area (Å²) in [5.41, 5.74) is 3.59. The van der Waals surface area contributed by atoms with Gasteiger partial charge in [-0.15, -0.1) is 0 Å². The third-order valence-corrected chi connectivity index (χ3v) is 6.68. The van der Waals surface area contributed by atoms with Crippen molar-refractivity contribution in [1.82, 2.24) is 15.3 Å². The molecule has 0 radical (unpaired) electrons. The fourth-order valence-electron chi connectivity index (χ4n) is 4.34. The number of nitrogens with one attached hydrogen (secondary N) is 1. The minimum absolute atomic E-state index is 0.0444. The van der Waals surface area contributed by atoms with Crippen LogP contribution in [0.25, 0.3) is 0 Å². The molecule has 0 bridgehead atoms. The topological polar surface area (TPSA) is 67.3 Å². The molecule has 1 aliphatic heterocycles. The van der Waals surface area contributed by atoms with Crippen LogP contribution in [0.5, 0.6) is 11.6 Å². The van der Waals surface area contributed by atoms with Crippen molar-refractivity contribution in [3.05, 3.63) is 77.6 Å². The first-order chi connectivity index (χ1) is 16.5. The number of benzene rings is 2. The summed E-state index contributed by atoms with van der Waals surface area (Å²) in [6, 6.07) is 18.5. The standard InChI is InChI=1S/C28H34N4O2/c1-20-8-7-11-25(22(20)3)34-27-18-26(29-19-30-27)32-16-14-24(15-17-32)28(33)31-21(2)12-13-23-9-5-4-6-10-23/h4-11,18-19,21,24H,12-17H2,1-3H3,(H,31,33). The van der Waals surface area contributed by atoms with Gasteiger partial charge in [0.1, 0.15) is 17.9 Å². The molecule has 1 fully saturated rings. The Hall–Kier alpha value is -3.41. The molecule has 3 aromatic rings. The Balaban J connectivity index is 1.27. The number of aromatic nitrogens is 2. The lowest BCUT2D eigenvalue weighted by atomic mass is 9.95. The smallest absolute Gasteiger partial charge is 0.224 e. The monoisotopic (exact) mass is 458 g/mol. The van der Waals surface area contributed by atoms with Crippen LogP contribution in [0.3, 0.4) is 0 Å². The number of carbonyl (C=O) groups excluding carboxylic acids is 1. The molecule has 0 spiro atoms. The van der Waals surface area contributed by atoms with Gasteiger partial charge >= 0.3 is 0 Å². The van der Waals surface area contributed by atoms with E-state index < -0.39 is 0 Å². The number of carbonyl (C=O) groups is 1. The lowest BCUT2D eigenvalue weighted by Crippen LogP contribution is -2.43. The highest BCUT2D eigenvalue weighted by atomic mass is 16.5. The van der Waals surface area contributed by atoms with Gasteiger partial charge in [0.15, 0.2) is 0 Å². The van der Waals surface area contributed by atoms with Gasteiger partial charge in [0.05, 0.1) is 0 Å². The van der Waals surface area contributed by atoms with Gasteiger partial charge in [-0.3, -0.25) is 4.79 Å². The van der Waals surface area contributed by atoms with Crippen molar-refractivity contribution < 1.29 is 9.53 Å². The number of aryl methyl sites for hydroxylation is 2. The molecule has 0 saturated carbocycles. The number of piperidine rings is 1. The Morgan fingerprint density at radius 3 is 2.62 bits per heavy atom. The van der Waals surface area contributed by atoms with E-state index in [1.54, 1.807) is 6.33 Å². The summed E-state index contributed by atoms with van der Waals surface area (Å²) >= 11 is 0. The lowest BCUT2D eigenvalue weighted by Gasteiger charge is -2.32. The molecule has 2 aromatic carbocycles. The molecule has 34 heavy (non-hydrogen) atoms. The zero-order valence-electron chi connectivity index (χ0n) is 20.3. The molecule has 6 nitrogen and oxygen atoms in total. The second-order valence-electron chi connectivity index (χ2n) is 9.21. The SMILES string of the molecule is Cc1cccc(Oc2cc(N3CCC(C(=O)NC(C)CCc4ccccc4)CC3)ncn2)c1C.